The smallest absolute Gasteiger partial charge is 0.266 e. The molecule has 0 radical (unpaired) electrons. The second-order valence-electron chi connectivity index (χ2n) is 5.66. The van der Waals surface area contributed by atoms with Gasteiger partial charge in [0, 0.05) is 6.61 Å². The minimum Gasteiger partial charge on any atom is -0.496 e. The molecule has 23 heavy (non-hydrogen) atoms. The van der Waals surface area contributed by atoms with Gasteiger partial charge in [-0.1, -0.05) is 30.0 Å². The third-order valence-corrected chi connectivity index (χ3v) is 5.38. The zero-order valence-corrected chi connectivity index (χ0v) is 14.8. The van der Waals surface area contributed by atoms with Crippen LogP contribution in [0, 0.1) is 6.92 Å². The summed E-state index contributed by atoms with van der Waals surface area (Å²) >= 11 is 6.72. The maximum atomic E-state index is 12.6. The van der Waals surface area contributed by atoms with Crippen molar-refractivity contribution < 1.29 is 14.3 Å². The number of rotatable bonds is 4. The molecule has 1 amide bonds. The van der Waals surface area contributed by atoms with Gasteiger partial charge in [-0.3, -0.25) is 9.69 Å². The lowest BCUT2D eigenvalue weighted by molar-refractivity contribution is -0.123. The van der Waals surface area contributed by atoms with Crippen molar-refractivity contribution >= 4 is 40.3 Å². The van der Waals surface area contributed by atoms with Crippen LogP contribution in [0.5, 0.6) is 5.75 Å². The third kappa shape index (κ3) is 3.59. The van der Waals surface area contributed by atoms with Gasteiger partial charge < -0.3 is 9.47 Å². The lowest BCUT2D eigenvalue weighted by Crippen LogP contribution is -2.35. The molecule has 0 spiro atoms. The fourth-order valence-corrected chi connectivity index (χ4v) is 4.07. The van der Waals surface area contributed by atoms with E-state index in [2.05, 4.69) is 0 Å². The molecule has 0 bridgehead atoms. The van der Waals surface area contributed by atoms with E-state index in [9.17, 15) is 4.79 Å². The molecule has 2 aliphatic heterocycles. The van der Waals surface area contributed by atoms with E-state index in [0.717, 1.165) is 36.3 Å². The first-order valence-electron chi connectivity index (χ1n) is 7.60. The van der Waals surface area contributed by atoms with E-state index in [0.29, 0.717) is 15.8 Å². The number of methoxy groups -OCH3 is 1. The number of benzene rings is 1. The predicted molar refractivity (Wildman–Crippen MR) is 96.6 cm³/mol. The number of hydrogen-bond acceptors (Lipinski definition) is 5. The van der Waals surface area contributed by atoms with Gasteiger partial charge in [-0.2, -0.15) is 0 Å². The zero-order chi connectivity index (χ0) is 16.4. The van der Waals surface area contributed by atoms with Crippen LogP contribution in [0.15, 0.2) is 23.1 Å². The van der Waals surface area contributed by atoms with E-state index in [1.165, 1.54) is 11.8 Å². The second kappa shape index (κ2) is 7.03. The third-order valence-electron chi connectivity index (χ3n) is 4.00. The highest BCUT2D eigenvalue weighted by Gasteiger charge is 2.34. The lowest BCUT2D eigenvalue weighted by atomic mass is 10.1. The summed E-state index contributed by atoms with van der Waals surface area (Å²) in [5, 5.41) is 0. The van der Waals surface area contributed by atoms with E-state index in [4.69, 9.17) is 21.7 Å². The van der Waals surface area contributed by atoms with E-state index < -0.39 is 0 Å². The fraction of sp³-hybridized carbons (Fsp3) is 0.412. The largest absolute Gasteiger partial charge is 0.496 e. The Bertz CT molecular complexity index is 666. The molecule has 0 aromatic heterocycles. The Morgan fingerprint density at radius 1 is 1.52 bits per heavy atom. The number of thioether (sulfide) groups is 1. The number of thiocarbonyl (C=S) groups is 1. The van der Waals surface area contributed by atoms with Crippen LogP contribution < -0.4 is 4.74 Å². The van der Waals surface area contributed by atoms with Crippen molar-refractivity contribution in [3.8, 4) is 5.75 Å². The van der Waals surface area contributed by atoms with E-state index in [-0.39, 0.29) is 12.0 Å². The number of amides is 1. The Kier molecular flexibility index (Phi) is 5.04. The normalized spacial score (nSPS) is 23.1. The summed E-state index contributed by atoms with van der Waals surface area (Å²) in [6, 6.07) is 5.86. The van der Waals surface area contributed by atoms with Crippen LogP contribution in [0.25, 0.3) is 6.08 Å². The average Bonchev–Trinajstić information content (AvgIpc) is 3.12. The quantitative estimate of drug-likeness (QED) is 0.615. The Hall–Kier alpha value is -1.37. The summed E-state index contributed by atoms with van der Waals surface area (Å²) < 4.78 is 11.5. The van der Waals surface area contributed by atoms with Crippen molar-refractivity contribution in [2.75, 3.05) is 20.3 Å². The minimum atomic E-state index is -0.0241. The Balaban J connectivity index is 1.76. The maximum absolute atomic E-state index is 12.6. The first-order chi connectivity index (χ1) is 11.1. The lowest BCUT2D eigenvalue weighted by Gasteiger charge is -2.18. The highest BCUT2D eigenvalue weighted by Crippen LogP contribution is 2.34. The first-order valence-corrected chi connectivity index (χ1v) is 8.82. The molecule has 2 fully saturated rings. The van der Waals surface area contributed by atoms with E-state index in [1.54, 1.807) is 12.0 Å². The fourth-order valence-electron chi connectivity index (χ4n) is 2.79. The average molecular weight is 349 g/mol. The predicted octanol–water partition coefficient (Wildman–Crippen LogP) is 3.38. The van der Waals surface area contributed by atoms with Crippen LogP contribution >= 0.6 is 24.0 Å². The topological polar surface area (TPSA) is 38.8 Å². The molecule has 122 valence electrons. The van der Waals surface area contributed by atoms with Crippen LogP contribution in [0.3, 0.4) is 0 Å². The van der Waals surface area contributed by atoms with Crippen molar-refractivity contribution in [2.45, 2.75) is 25.9 Å². The summed E-state index contributed by atoms with van der Waals surface area (Å²) in [6.45, 7) is 3.32. The van der Waals surface area contributed by atoms with Crippen molar-refractivity contribution in [1.82, 2.24) is 4.90 Å². The van der Waals surface area contributed by atoms with Gasteiger partial charge in [0.2, 0.25) is 0 Å². The Labute approximate surface area is 145 Å². The summed E-state index contributed by atoms with van der Waals surface area (Å²) in [6.07, 6.45) is 4.05. The van der Waals surface area contributed by atoms with Crippen molar-refractivity contribution in [3.05, 3.63) is 34.2 Å². The standard InChI is InChI=1S/C17H19NO3S2/c1-11-8-12(5-6-14(11)20-2)9-15-16(19)18(17(22)23-15)10-13-4-3-7-21-13/h5-6,8-9,13H,3-4,7,10H2,1-2H3/b15-9-/t13-/m1/s1. The van der Waals surface area contributed by atoms with E-state index >= 15 is 0 Å². The molecular weight excluding hydrogens is 330 g/mol. The van der Waals surface area contributed by atoms with Gasteiger partial charge in [0.25, 0.3) is 5.91 Å². The van der Waals surface area contributed by atoms with Gasteiger partial charge in [-0.25, -0.2) is 0 Å². The number of aryl methyl sites for hydroxylation is 1. The molecule has 2 heterocycles. The molecule has 1 atom stereocenters. The summed E-state index contributed by atoms with van der Waals surface area (Å²) in [5.74, 6) is 0.817. The molecule has 1 aromatic carbocycles. The SMILES string of the molecule is COc1ccc(/C=C2\SC(=S)N(C[C@H]3CCCO3)C2=O)cc1C. The summed E-state index contributed by atoms with van der Waals surface area (Å²) in [5.41, 5.74) is 2.01. The highest BCUT2D eigenvalue weighted by molar-refractivity contribution is 8.26. The molecular formula is C17H19NO3S2. The molecule has 4 nitrogen and oxygen atoms in total. The maximum Gasteiger partial charge on any atom is 0.266 e. The van der Waals surface area contributed by atoms with Crippen molar-refractivity contribution in [1.29, 1.82) is 0 Å². The molecule has 1 aromatic rings. The molecule has 6 heteroatoms. The van der Waals surface area contributed by atoms with Gasteiger partial charge in [0.1, 0.15) is 10.1 Å². The highest BCUT2D eigenvalue weighted by atomic mass is 32.2. The molecule has 0 N–H and O–H groups in total. The molecule has 2 saturated heterocycles. The monoisotopic (exact) mass is 349 g/mol. The van der Waals surface area contributed by atoms with Gasteiger partial charge in [0.05, 0.1) is 24.7 Å². The van der Waals surface area contributed by atoms with Crippen LogP contribution in [0.4, 0.5) is 0 Å². The Morgan fingerprint density at radius 2 is 2.35 bits per heavy atom. The van der Waals surface area contributed by atoms with Crippen LogP contribution in [-0.2, 0) is 9.53 Å². The molecule has 0 unspecified atom stereocenters. The second-order valence-corrected chi connectivity index (χ2v) is 7.33. The van der Waals surface area contributed by atoms with Gasteiger partial charge in [-0.15, -0.1) is 0 Å². The molecule has 0 saturated carbocycles. The van der Waals surface area contributed by atoms with Crippen molar-refractivity contribution in [3.63, 3.8) is 0 Å². The Morgan fingerprint density at radius 3 is 3.00 bits per heavy atom. The number of hydrogen-bond donors (Lipinski definition) is 0. The molecule has 0 aliphatic carbocycles. The number of nitrogens with zero attached hydrogens (tertiary/aromatic N) is 1. The van der Waals surface area contributed by atoms with E-state index in [1.807, 2.05) is 31.2 Å². The number of ether oxygens (including phenoxy) is 2. The number of carbonyl (C=O) groups excluding carboxylic acids is 1. The van der Waals surface area contributed by atoms with Crippen LogP contribution in [-0.4, -0.2) is 41.5 Å². The van der Waals surface area contributed by atoms with Crippen LogP contribution in [0.2, 0.25) is 0 Å². The molecule has 2 aliphatic rings. The zero-order valence-electron chi connectivity index (χ0n) is 13.2. The first kappa shape index (κ1) is 16.5. The van der Waals surface area contributed by atoms with Crippen molar-refractivity contribution in [2.24, 2.45) is 0 Å². The van der Waals surface area contributed by atoms with Gasteiger partial charge in [-0.05, 0) is 49.1 Å². The summed E-state index contributed by atoms with van der Waals surface area (Å²) in [4.78, 5) is 14.9. The molecule has 3 rings (SSSR count). The van der Waals surface area contributed by atoms with Gasteiger partial charge >= 0.3 is 0 Å². The van der Waals surface area contributed by atoms with Gasteiger partial charge in [0.15, 0.2) is 0 Å². The number of carbonyl (C=O) groups is 1. The van der Waals surface area contributed by atoms with Crippen LogP contribution in [0.1, 0.15) is 24.0 Å². The summed E-state index contributed by atoms with van der Waals surface area (Å²) in [7, 11) is 1.65. The minimum absolute atomic E-state index is 0.0241.